The van der Waals surface area contributed by atoms with Gasteiger partial charge in [0, 0.05) is 16.1 Å². The molecule has 3 nitrogen and oxygen atoms in total. The summed E-state index contributed by atoms with van der Waals surface area (Å²) in [6.45, 7) is 4.19. The predicted octanol–water partition coefficient (Wildman–Crippen LogP) is 4.90. The van der Waals surface area contributed by atoms with Gasteiger partial charge in [0.1, 0.15) is 0 Å². The lowest BCUT2D eigenvalue weighted by Gasteiger charge is -2.04. The number of benzene rings is 2. The second-order valence-electron chi connectivity index (χ2n) is 5.67. The van der Waals surface area contributed by atoms with E-state index in [9.17, 15) is 5.26 Å². The van der Waals surface area contributed by atoms with E-state index in [1.165, 1.54) is 21.3 Å². The molecule has 2 aromatic carbocycles. The number of aryl methyl sites for hydroxylation is 2. The lowest BCUT2D eigenvalue weighted by molar-refractivity contribution is 1.02. The summed E-state index contributed by atoms with van der Waals surface area (Å²) >= 11 is 1.68. The van der Waals surface area contributed by atoms with E-state index >= 15 is 0 Å². The molecule has 0 spiro atoms. The van der Waals surface area contributed by atoms with Crippen molar-refractivity contribution in [2.24, 2.45) is 0 Å². The summed E-state index contributed by atoms with van der Waals surface area (Å²) in [6, 6.07) is 17.0. The maximum atomic E-state index is 9.25. The maximum absolute atomic E-state index is 9.25. The zero-order valence-corrected chi connectivity index (χ0v) is 13.8. The van der Waals surface area contributed by atoms with Crippen LogP contribution in [0.2, 0.25) is 0 Å². The van der Waals surface area contributed by atoms with E-state index in [1.807, 2.05) is 12.1 Å². The number of fused-ring (bicyclic) bond motifs is 2. The Bertz CT molecular complexity index is 1080. The van der Waals surface area contributed by atoms with Crippen LogP contribution in [0.3, 0.4) is 0 Å². The summed E-state index contributed by atoms with van der Waals surface area (Å²) in [5.41, 5.74) is 4.16. The highest BCUT2D eigenvalue weighted by atomic mass is 32.1. The lowest BCUT2D eigenvalue weighted by Crippen LogP contribution is -1.95. The van der Waals surface area contributed by atoms with Gasteiger partial charge in [-0.15, -0.1) is 11.3 Å². The lowest BCUT2D eigenvalue weighted by atomic mass is 10.0. The van der Waals surface area contributed by atoms with Crippen LogP contribution in [-0.2, 0) is 6.42 Å². The molecule has 112 valence electrons. The Morgan fingerprint density at radius 3 is 2.70 bits per heavy atom. The fraction of sp³-hybridized carbons (Fsp3) is 0.158. The molecule has 4 rings (SSSR count). The molecule has 0 saturated carbocycles. The van der Waals surface area contributed by atoms with E-state index in [4.69, 9.17) is 4.98 Å². The minimum atomic E-state index is 0.361. The Hall–Kier alpha value is -2.64. The summed E-state index contributed by atoms with van der Waals surface area (Å²) < 4.78 is 2.13. The minimum Gasteiger partial charge on any atom is -0.290 e. The van der Waals surface area contributed by atoms with Gasteiger partial charge in [-0.2, -0.15) is 5.26 Å². The van der Waals surface area contributed by atoms with E-state index in [-0.39, 0.29) is 0 Å². The Kier molecular flexibility index (Phi) is 3.17. The number of hydrogen-bond donors (Lipinski definition) is 0. The smallest absolute Gasteiger partial charge is 0.194 e. The minimum absolute atomic E-state index is 0.361. The van der Waals surface area contributed by atoms with Crippen LogP contribution in [-0.4, -0.2) is 9.38 Å². The Labute approximate surface area is 138 Å². The number of aromatic nitrogens is 2. The van der Waals surface area contributed by atoms with Gasteiger partial charge in [0.25, 0.3) is 0 Å². The van der Waals surface area contributed by atoms with Crippen molar-refractivity contribution in [1.82, 2.24) is 9.38 Å². The first-order valence-corrected chi connectivity index (χ1v) is 8.34. The second kappa shape index (κ2) is 5.22. The first kappa shape index (κ1) is 14.0. The molecule has 0 unspecified atom stereocenters. The summed E-state index contributed by atoms with van der Waals surface area (Å²) in [5.74, 6) is 0. The van der Waals surface area contributed by atoms with Crippen molar-refractivity contribution in [3.05, 3.63) is 58.7 Å². The molecule has 23 heavy (non-hydrogen) atoms. The molecule has 0 bridgehead atoms. The van der Waals surface area contributed by atoms with Gasteiger partial charge >= 0.3 is 0 Å². The predicted molar refractivity (Wildman–Crippen MR) is 94.8 cm³/mol. The SMILES string of the molecule is Cc1sc2nc(-c3ccc4ccccc4c3)c(CC#N)n2c1C. The van der Waals surface area contributed by atoms with Crippen molar-refractivity contribution in [3.8, 4) is 17.3 Å². The molecule has 2 aromatic heterocycles. The van der Waals surface area contributed by atoms with E-state index in [0.717, 1.165) is 21.9 Å². The summed E-state index contributed by atoms with van der Waals surface area (Å²) in [7, 11) is 0. The van der Waals surface area contributed by atoms with Gasteiger partial charge in [0.2, 0.25) is 0 Å². The quantitative estimate of drug-likeness (QED) is 0.527. The fourth-order valence-electron chi connectivity index (χ4n) is 3.02. The zero-order valence-electron chi connectivity index (χ0n) is 13.0. The molecule has 0 radical (unpaired) electrons. The molecule has 2 heterocycles. The number of nitriles is 1. The monoisotopic (exact) mass is 317 g/mol. The first-order valence-electron chi connectivity index (χ1n) is 7.52. The zero-order chi connectivity index (χ0) is 16.0. The standard InChI is InChI=1S/C19H15N3S/c1-12-13(2)23-19-21-18(17(9-10-20)22(12)19)16-8-7-14-5-3-4-6-15(14)11-16/h3-8,11H,9H2,1-2H3. The molecule has 0 fully saturated rings. The van der Waals surface area contributed by atoms with Crippen molar-refractivity contribution in [2.45, 2.75) is 20.3 Å². The Balaban J connectivity index is 1.99. The molecule has 0 N–H and O–H groups in total. The molecule has 0 amide bonds. The normalized spacial score (nSPS) is 11.2. The van der Waals surface area contributed by atoms with E-state index in [2.05, 4.69) is 54.6 Å². The van der Waals surface area contributed by atoms with Crippen LogP contribution < -0.4 is 0 Å². The summed E-state index contributed by atoms with van der Waals surface area (Å²) in [5, 5.41) is 11.7. The maximum Gasteiger partial charge on any atom is 0.194 e. The Morgan fingerprint density at radius 1 is 1.13 bits per heavy atom. The van der Waals surface area contributed by atoms with Gasteiger partial charge in [-0.25, -0.2) is 4.98 Å². The number of imidazole rings is 1. The highest BCUT2D eigenvalue weighted by Gasteiger charge is 2.18. The number of hydrogen-bond acceptors (Lipinski definition) is 3. The molecule has 0 saturated heterocycles. The Morgan fingerprint density at radius 2 is 1.91 bits per heavy atom. The van der Waals surface area contributed by atoms with Crippen LogP contribution in [0.5, 0.6) is 0 Å². The van der Waals surface area contributed by atoms with Crippen molar-refractivity contribution in [3.63, 3.8) is 0 Å². The van der Waals surface area contributed by atoms with E-state index in [1.54, 1.807) is 11.3 Å². The fourth-order valence-corrected chi connectivity index (χ4v) is 4.01. The topological polar surface area (TPSA) is 41.1 Å². The molecular weight excluding hydrogens is 302 g/mol. The van der Waals surface area contributed by atoms with Gasteiger partial charge in [-0.05, 0) is 30.7 Å². The molecule has 0 aliphatic heterocycles. The van der Waals surface area contributed by atoms with Gasteiger partial charge < -0.3 is 0 Å². The van der Waals surface area contributed by atoms with Gasteiger partial charge in [0.15, 0.2) is 4.96 Å². The third-order valence-corrected chi connectivity index (χ3v) is 5.36. The van der Waals surface area contributed by atoms with Crippen LogP contribution >= 0.6 is 11.3 Å². The van der Waals surface area contributed by atoms with Crippen LogP contribution in [0.25, 0.3) is 27.0 Å². The average Bonchev–Trinajstić information content (AvgIpc) is 3.05. The van der Waals surface area contributed by atoms with Crippen molar-refractivity contribution in [2.75, 3.05) is 0 Å². The van der Waals surface area contributed by atoms with Crippen LogP contribution in [0.4, 0.5) is 0 Å². The molecule has 4 heteroatoms. The second-order valence-corrected chi connectivity index (χ2v) is 6.85. The summed E-state index contributed by atoms with van der Waals surface area (Å²) in [4.78, 5) is 7.03. The van der Waals surface area contributed by atoms with Crippen LogP contribution in [0.1, 0.15) is 16.3 Å². The van der Waals surface area contributed by atoms with Crippen molar-refractivity contribution < 1.29 is 0 Å². The number of thiazole rings is 1. The highest BCUT2D eigenvalue weighted by Crippen LogP contribution is 2.32. The third-order valence-electron chi connectivity index (χ3n) is 4.30. The van der Waals surface area contributed by atoms with E-state index < -0.39 is 0 Å². The molecule has 0 aliphatic carbocycles. The highest BCUT2D eigenvalue weighted by molar-refractivity contribution is 7.17. The number of rotatable bonds is 2. The van der Waals surface area contributed by atoms with Gasteiger partial charge in [0.05, 0.1) is 23.9 Å². The van der Waals surface area contributed by atoms with Gasteiger partial charge in [-0.3, -0.25) is 4.40 Å². The van der Waals surface area contributed by atoms with E-state index in [0.29, 0.717) is 6.42 Å². The average molecular weight is 317 g/mol. The molecule has 0 aliphatic rings. The molecule has 0 atom stereocenters. The first-order chi connectivity index (χ1) is 11.2. The van der Waals surface area contributed by atoms with Crippen molar-refractivity contribution in [1.29, 1.82) is 5.26 Å². The van der Waals surface area contributed by atoms with Crippen molar-refractivity contribution >= 4 is 27.1 Å². The molecule has 4 aromatic rings. The summed E-state index contributed by atoms with van der Waals surface area (Å²) in [6.07, 6.45) is 0.361. The number of nitrogens with zero attached hydrogens (tertiary/aromatic N) is 3. The van der Waals surface area contributed by atoms with Gasteiger partial charge in [-0.1, -0.05) is 36.4 Å². The largest absolute Gasteiger partial charge is 0.290 e. The van der Waals surface area contributed by atoms with Crippen LogP contribution in [0, 0.1) is 25.2 Å². The van der Waals surface area contributed by atoms with Crippen LogP contribution in [0.15, 0.2) is 42.5 Å². The third kappa shape index (κ3) is 2.13. The molecular formula is C19H15N3S.